The van der Waals surface area contributed by atoms with Crippen molar-refractivity contribution in [1.82, 2.24) is 5.32 Å². The van der Waals surface area contributed by atoms with Gasteiger partial charge < -0.3 is 5.32 Å². The molecule has 1 nitrogen and oxygen atoms in total. The third-order valence-corrected chi connectivity index (χ3v) is 4.48. The van der Waals surface area contributed by atoms with Crippen molar-refractivity contribution in [2.24, 2.45) is 17.8 Å². The molecule has 0 amide bonds. The largest absolute Gasteiger partial charge is 0.311 e. The van der Waals surface area contributed by atoms with E-state index in [0.29, 0.717) is 0 Å². The highest BCUT2D eigenvalue weighted by Gasteiger charge is 2.37. The van der Waals surface area contributed by atoms with Gasteiger partial charge in [0.1, 0.15) is 0 Å². The monoisotopic (exact) mass is 223 g/mol. The molecular formula is C15H29N. The predicted octanol–water partition coefficient (Wildman–Crippen LogP) is 3.98. The van der Waals surface area contributed by atoms with Gasteiger partial charge in [-0.15, -0.1) is 0 Å². The number of hydrogen-bond acceptors (Lipinski definition) is 1. The molecule has 0 aromatic rings. The van der Waals surface area contributed by atoms with Crippen molar-refractivity contribution in [3.8, 4) is 0 Å². The van der Waals surface area contributed by atoms with E-state index in [2.05, 4.69) is 26.1 Å². The second-order valence-electron chi connectivity index (χ2n) is 6.54. The predicted molar refractivity (Wildman–Crippen MR) is 70.5 cm³/mol. The minimum absolute atomic E-state index is 0.846. The Morgan fingerprint density at radius 3 is 2.62 bits per heavy atom. The normalized spacial score (nSPS) is 39.0. The van der Waals surface area contributed by atoms with Crippen LogP contribution in [-0.4, -0.2) is 12.1 Å². The summed E-state index contributed by atoms with van der Waals surface area (Å²) in [7, 11) is 0. The minimum Gasteiger partial charge on any atom is -0.311 e. The maximum absolute atomic E-state index is 3.90. The summed E-state index contributed by atoms with van der Waals surface area (Å²) in [5, 5.41) is 3.90. The lowest BCUT2D eigenvalue weighted by Gasteiger charge is -2.31. The molecule has 94 valence electrons. The Hall–Kier alpha value is -0.0400. The van der Waals surface area contributed by atoms with Crippen molar-refractivity contribution in [3.05, 3.63) is 0 Å². The summed E-state index contributed by atoms with van der Waals surface area (Å²) in [5.41, 5.74) is 0. The lowest BCUT2D eigenvalue weighted by Crippen LogP contribution is -2.36. The van der Waals surface area contributed by atoms with E-state index in [1.165, 1.54) is 44.9 Å². The summed E-state index contributed by atoms with van der Waals surface area (Å²) >= 11 is 0. The fraction of sp³-hybridized carbons (Fsp3) is 1.00. The Morgan fingerprint density at radius 2 is 2.00 bits per heavy atom. The molecule has 2 saturated carbocycles. The molecule has 4 unspecified atom stereocenters. The van der Waals surface area contributed by atoms with Crippen LogP contribution in [0.1, 0.15) is 65.7 Å². The lowest BCUT2D eigenvalue weighted by molar-refractivity contribution is 0.250. The fourth-order valence-corrected chi connectivity index (χ4v) is 3.53. The average Bonchev–Trinajstić information content (AvgIpc) is 2.96. The summed E-state index contributed by atoms with van der Waals surface area (Å²) in [4.78, 5) is 0. The summed E-state index contributed by atoms with van der Waals surface area (Å²) in [6.45, 7) is 7.06. The van der Waals surface area contributed by atoms with Crippen molar-refractivity contribution in [3.63, 3.8) is 0 Å². The minimum atomic E-state index is 0.846. The first-order valence-corrected chi connectivity index (χ1v) is 7.45. The first-order chi connectivity index (χ1) is 7.69. The molecule has 0 aromatic carbocycles. The van der Waals surface area contributed by atoms with Gasteiger partial charge in [0.05, 0.1) is 0 Å². The molecule has 0 aromatic heterocycles. The topological polar surface area (TPSA) is 12.0 Å². The van der Waals surface area contributed by atoms with Crippen molar-refractivity contribution < 1.29 is 0 Å². The molecule has 0 radical (unpaired) electrons. The van der Waals surface area contributed by atoms with Crippen LogP contribution in [0.25, 0.3) is 0 Å². The van der Waals surface area contributed by atoms with Gasteiger partial charge in [-0.3, -0.25) is 0 Å². The molecule has 1 N–H and O–H groups in total. The van der Waals surface area contributed by atoms with Gasteiger partial charge in [-0.2, -0.15) is 0 Å². The van der Waals surface area contributed by atoms with E-state index in [9.17, 15) is 0 Å². The van der Waals surface area contributed by atoms with E-state index >= 15 is 0 Å². The van der Waals surface area contributed by atoms with Crippen molar-refractivity contribution >= 4 is 0 Å². The van der Waals surface area contributed by atoms with E-state index in [0.717, 1.165) is 29.8 Å². The van der Waals surface area contributed by atoms with E-state index in [4.69, 9.17) is 0 Å². The van der Waals surface area contributed by atoms with Crippen LogP contribution < -0.4 is 5.32 Å². The van der Waals surface area contributed by atoms with Crippen LogP contribution in [0.3, 0.4) is 0 Å². The SMILES string of the molecule is CCC1CC1NC1CCCC(CC(C)C)C1. The highest BCUT2D eigenvalue weighted by molar-refractivity contribution is 4.95. The zero-order valence-electron chi connectivity index (χ0n) is 11.3. The standard InChI is InChI=1S/C15H29N/c1-4-13-10-15(13)16-14-7-5-6-12(9-14)8-11(2)3/h11-16H,4-10H2,1-3H3. The molecule has 2 rings (SSSR count). The highest BCUT2D eigenvalue weighted by atomic mass is 15.0. The number of rotatable bonds is 5. The van der Waals surface area contributed by atoms with E-state index < -0.39 is 0 Å². The zero-order valence-corrected chi connectivity index (χ0v) is 11.3. The molecule has 4 atom stereocenters. The summed E-state index contributed by atoms with van der Waals surface area (Å²) in [6.07, 6.45) is 10.1. The Kier molecular flexibility index (Phi) is 4.29. The van der Waals surface area contributed by atoms with Crippen molar-refractivity contribution in [2.75, 3.05) is 0 Å². The Bertz CT molecular complexity index is 211. The van der Waals surface area contributed by atoms with Gasteiger partial charge >= 0.3 is 0 Å². The van der Waals surface area contributed by atoms with Crippen molar-refractivity contribution in [2.45, 2.75) is 77.8 Å². The second-order valence-corrected chi connectivity index (χ2v) is 6.54. The molecule has 16 heavy (non-hydrogen) atoms. The van der Waals surface area contributed by atoms with Crippen LogP contribution in [-0.2, 0) is 0 Å². The van der Waals surface area contributed by atoms with Crippen molar-refractivity contribution in [1.29, 1.82) is 0 Å². The number of hydrogen-bond donors (Lipinski definition) is 1. The molecular weight excluding hydrogens is 194 g/mol. The smallest absolute Gasteiger partial charge is 0.0102 e. The highest BCUT2D eigenvalue weighted by Crippen LogP contribution is 2.36. The van der Waals surface area contributed by atoms with Gasteiger partial charge in [0, 0.05) is 12.1 Å². The van der Waals surface area contributed by atoms with Gasteiger partial charge in [-0.1, -0.05) is 40.0 Å². The van der Waals surface area contributed by atoms with E-state index in [1.54, 1.807) is 0 Å². The van der Waals surface area contributed by atoms with Gasteiger partial charge in [0.15, 0.2) is 0 Å². The quantitative estimate of drug-likeness (QED) is 0.743. The van der Waals surface area contributed by atoms with E-state index in [-0.39, 0.29) is 0 Å². The molecule has 2 fully saturated rings. The summed E-state index contributed by atoms with van der Waals surface area (Å²) < 4.78 is 0. The Labute approximate surface area is 101 Å². The van der Waals surface area contributed by atoms with Crippen LogP contribution >= 0.6 is 0 Å². The molecule has 0 aliphatic heterocycles. The molecule has 2 aliphatic rings. The van der Waals surface area contributed by atoms with Crippen LogP contribution in [0.15, 0.2) is 0 Å². The Balaban J connectivity index is 1.70. The van der Waals surface area contributed by atoms with Gasteiger partial charge in [0.2, 0.25) is 0 Å². The first-order valence-electron chi connectivity index (χ1n) is 7.45. The third-order valence-electron chi connectivity index (χ3n) is 4.48. The number of nitrogens with one attached hydrogen (secondary N) is 1. The van der Waals surface area contributed by atoms with Gasteiger partial charge in [-0.25, -0.2) is 0 Å². The molecule has 2 aliphatic carbocycles. The first kappa shape index (κ1) is 12.4. The zero-order chi connectivity index (χ0) is 11.5. The lowest BCUT2D eigenvalue weighted by atomic mass is 9.81. The van der Waals surface area contributed by atoms with Crippen LogP contribution in [0, 0.1) is 17.8 Å². The molecule has 1 heteroatoms. The second kappa shape index (κ2) is 5.53. The van der Waals surface area contributed by atoms with Crippen LogP contribution in [0.2, 0.25) is 0 Å². The molecule has 0 saturated heterocycles. The fourth-order valence-electron chi connectivity index (χ4n) is 3.53. The average molecular weight is 223 g/mol. The van der Waals surface area contributed by atoms with Crippen LogP contribution in [0.4, 0.5) is 0 Å². The summed E-state index contributed by atoms with van der Waals surface area (Å²) in [6, 6.07) is 1.73. The molecule has 0 spiro atoms. The van der Waals surface area contributed by atoms with E-state index in [1.807, 2.05) is 0 Å². The maximum Gasteiger partial charge on any atom is 0.0102 e. The maximum atomic E-state index is 3.90. The Morgan fingerprint density at radius 1 is 1.19 bits per heavy atom. The molecule has 0 bridgehead atoms. The van der Waals surface area contributed by atoms with Crippen LogP contribution in [0.5, 0.6) is 0 Å². The van der Waals surface area contributed by atoms with Gasteiger partial charge in [0.25, 0.3) is 0 Å². The molecule has 0 heterocycles. The summed E-state index contributed by atoms with van der Waals surface area (Å²) in [5.74, 6) is 2.89. The van der Waals surface area contributed by atoms with Gasteiger partial charge in [-0.05, 0) is 43.4 Å². The third kappa shape index (κ3) is 3.48.